The van der Waals surface area contributed by atoms with Gasteiger partial charge in [-0.3, -0.25) is 4.40 Å². The Morgan fingerprint density at radius 1 is 1.22 bits per heavy atom. The highest BCUT2D eigenvalue weighted by Crippen LogP contribution is 2.30. The first-order valence-electron chi connectivity index (χ1n) is 8.11. The molecule has 0 amide bonds. The van der Waals surface area contributed by atoms with Crippen molar-refractivity contribution in [2.75, 3.05) is 6.54 Å². The fraction of sp³-hybridized carbons (Fsp3) is 0.333. The molecule has 1 aromatic carbocycles. The van der Waals surface area contributed by atoms with E-state index in [1.54, 1.807) is 12.1 Å². The Bertz CT molecular complexity index is 827. The van der Waals surface area contributed by atoms with E-state index in [-0.39, 0.29) is 5.82 Å². The van der Waals surface area contributed by atoms with E-state index in [9.17, 15) is 4.39 Å². The standard InChI is InChI=1S/C18H19FN4/c19-14-7-8-15-13(12-14)4-3-5-16(15)20-10-9-18-22-21-17-6-1-2-11-23(17)18/h1-2,6-8,11-12,16,20H,3-5,9-10H2. The number of pyridine rings is 1. The summed E-state index contributed by atoms with van der Waals surface area (Å²) in [5.74, 6) is 0.822. The molecule has 3 aromatic rings. The van der Waals surface area contributed by atoms with Gasteiger partial charge in [0, 0.05) is 25.2 Å². The molecule has 5 heteroatoms. The zero-order chi connectivity index (χ0) is 15.6. The number of benzene rings is 1. The van der Waals surface area contributed by atoms with Crippen molar-refractivity contribution in [2.24, 2.45) is 0 Å². The van der Waals surface area contributed by atoms with Crippen LogP contribution in [0.4, 0.5) is 4.39 Å². The van der Waals surface area contributed by atoms with Gasteiger partial charge in [0.1, 0.15) is 11.6 Å². The number of fused-ring (bicyclic) bond motifs is 2. The maximum absolute atomic E-state index is 13.4. The van der Waals surface area contributed by atoms with Gasteiger partial charge in [0.25, 0.3) is 0 Å². The zero-order valence-corrected chi connectivity index (χ0v) is 12.9. The second kappa shape index (κ2) is 6.08. The highest BCUT2D eigenvalue weighted by Gasteiger charge is 2.20. The number of aryl methyl sites for hydroxylation is 1. The molecule has 4 nitrogen and oxygen atoms in total. The normalized spacial score (nSPS) is 17.3. The monoisotopic (exact) mass is 310 g/mol. The largest absolute Gasteiger partial charge is 0.309 e. The summed E-state index contributed by atoms with van der Waals surface area (Å²) >= 11 is 0. The number of rotatable bonds is 4. The average Bonchev–Trinajstić information content (AvgIpc) is 2.98. The Kier molecular flexibility index (Phi) is 3.79. The Morgan fingerprint density at radius 3 is 3.13 bits per heavy atom. The van der Waals surface area contributed by atoms with E-state index in [1.165, 1.54) is 5.56 Å². The molecule has 0 saturated carbocycles. The van der Waals surface area contributed by atoms with Crippen LogP contribution in [0.2, 0.25) is 0 Å². The van der Waals surface area contributed by atoms with Crippen LogP contribution in [0, 0.1) is 5.82 Å². The van der Waals surface area contributed by atoms with E-state index in [0.29, 0.717) is 6.04 Å². The third-order valence-electron chi connectivity index (χ3n) is 4.54. The molecule has 1 N–H and O–H groups in total. The number of hydrogen-bond donors (Lipinski definition) is 1. The summed E-state index contributed by atoms with van der Waals surface area (Å²) in [6, 6.07) is 11.4. The molecule has 0 spiro atoms. The van der Waals surface area contributed by atoms with Crippen LogP contribution in [0.25, 0.3) is 5.65 Å². The lowest BCUT2D eigenvalue weighted by Gasteiger charge is -2.26. The lowest BCUT2D eigenvalue weighted by Crippen LogP contribution is -2.27. The molecule has 23 heavy (non-hydrogen) atoms. The minimum absolute atomic E-state index is 0.140. The van der Waals surface area contributed by atoms with Crippen LogP contribution in [0.5, 0.6) is 0 Å². The summed E-state index contributed by atoms with van der Waals surface area (Å²) in [4.78, 5) is 0. The second-order valence-corrected chi connectivity index (χ2v) is 6.04. The third kappa shape index (κ3) is 2.84. The molecule has 1 aliphatic rings. The van der Waals surface area contributed by atoms with Gasteiger partial charge in [-0.15, -0.1) is 10.2 Å². The predicted octanol–water partition coefficient (Wildman–Crippen LogP) is 3.08. The van der Waals surface area contributed by atoms with Gasteiger partial charge in [0.2, 0.25) is 0 Å². The number of halogens is 1. The van der Waals surface area contributed by atoms with Crippen molar-refractivity contribution in [1.82, 2.24) is 19.9 Å². The fourth-order valence-electron chi connectivity index (χ4n) is 3.41. The topological polar surface area (TPSA) is 42.2 Å². The Balaban J connectivity index is 1.44. The van der Waals surface area contributed by atoms with Crippen LogP contribution in [0.3, 0.4) is 0 Å². The van der Waals surface area contributed by atoms with Crippen LogP contribution in [-0.2, 0) is 12.8 Å². The molecule has 118 valence electrons. The molecule has 2 aromatic heterocycles. The van der Waals surface area contributed by atoms with Gasteiger partial charge < -0.3 is 5.32 Å². The predicted molar refractivity (Wildman–Crippen MR) is 86.8 cm³/mol. The molecule has 0 fully saturated rings. The quantitative estimate of drug-likeness (QED) is 0.805. The van der Waals surface area contributed by atoms with E-state index in [2.05, 4.69) is 15.5 Å². The van der Waals surface area contributed by atoms with Gasteiger partial charge in [0.15, 0.2) is 5.65 Å². The van der Waals surface area contributed by atoms with Crippen molar-refractivity contribution in [3.05, 3.63) is 65.4 Å². The molecular formula is C18H19FN4. The first-order chi connectivity index (χ1) is 11.3. The van der Waals surface area contributed by atoms with Gasteiger partial charge in [-0.2, -0.15) is 0 Å². The number of nitrogens with one attached hydrogen (secondary N) is 1. The molecule has 2 heterocycles. The maximum atomic E-state index is 13.4. The minimum Gasteiger partial charge on any atom is -0.309 e. The van der Waals surface area contributed by atoms with E-state index in [4.69, 9.17) is 0 Å². The summed E-state index contributed by atoms with van der Waals surface area (Å²) in [5.41, 5.74) is 3.26. The lowest BCUT2D eigenvalue weighted by atomic mass is 9.87. The van der Waals surface area contributed by atoms with Crippen molar-refractivity contribution in [2.45, 2.75) is 31.7 Å². The summed E-state index contributed by atoms with van der Waals surface area (Å²) in [6.45, 7) is 0.831. The van der Waals surface area contributed by atoms with Gasteiger partial charge in [-0.25, -0.2) is 4.39 Å². The van der Waals surface area contributed by atoms with Gasteiger partial charge in [-0.1, -0.05) is 12.1 Å². The summed E-state index contributed by atoms with van der Waals surface area (Å²) in [7, 11) is 0. The minimum atomic E-state index is -0.140. The van der Waals surface area contributed by atoms with Gasteiger partial charge in [0.05, 0.1) is 0 Å². The maximum Gasteiger partial charge on any atom is 0.160 e. The summed E-state index contributed by atoms with van der Waals surface area (Å²) in [5, 5.41) is 12.0. The van der Waals surface area contributed by atoms with E-state index in [0.717, 1.165) is 49.3 Å². The molecule has 1 aliphatic carbocycles. The molecule has 4 rings (SSSR count). The summed E-state index contributed by atoms with van der Waals surface area (Å²) in [6.07, 6.45) is 5.98. The molecule has 0 radical (unpaired) electrons. The third-order valence-corrected chi connectivity index (χ3v) is 4.54. The van der Waals surface area contributed by atoms with Crippen molar-refractivity contribution in [3.8, 4) is 0 Å². The van der Waals surface area contributed by atoms with Crippen molar-refractivity contribution in [1.29, 1.82) is 0 Å². The molecule has 1 atom stereocenters. The highest BCUT2D eigenvalue weighted by molar-refractivity contribution is 5.37. The fourth-order valence-corrected chi connectivity index (χ4v) is 3.41. The zero-order valence-electron chi connectivity index (χ0n) is 12.9. The average molecular weight is 310 g/mol. The lowest BCUT2D eigenvalue weighted by molar-refractivity contribution is 0.458. The Morgan fingerprint density at radius 2 is 2.17 bits per heavy atom. The number of nitrogens with zero attached hydrogens (tertiary/aromatic N) is 3. The van der Waals surface area contributed by atoms with E-state index < -0.39 is 0 Å². The first kappa shape index (κ1) is 14.3. The molecule has 1 unspecified atom stereocenters. The second-order valence-electron chi connectivity index (χ2n) is 6.04. The van der Waals surface area contributed by atoms with Crippen LogP contribution in [0.15, 0.2) is 42.6 Å². The molecule has 0 aliphatic heterocycles. The highest BCUT2D eigenvalue weighted by atomic mass is 19.1. The van der Waals surface area contributed by atoms with Crippen molar-refractivity contribution >= 4 is 5.65 Å². The van der Waals surface area contributed by atoms with Crippen molar-refractivity contribution in [3.63, 3.8) is 0 Å². The number of aromatic nitrogens is 3. The van der Waals surface area contributed by atoms with Crippen LogP contribution >= 0.6 is 0 Å². The van der Waals surface area contributed by atoms with Crippen LogP contribution in [0.1, 0.15) is 35.8 Å². The summed E-state index contributed by atoms with van der Waals surface area (Å²) < 4.78 is 15.4. The van der Waals surface area contributed by atoms with E-state index >= 15 is 0 Å². The first-order valence-corrected chi connectivity index (χ1v) is 8.11. The van der Waals surface area contributed by atoms with Gasteiger partial charge >= 0.3 is 0 Å². The van der Waals surface area contributed by atoms with E-state index in [1.807, 2.05) is 34.9 Å². The van der Waals surface area contributed by atoms with Crippen molar-refractivity contribution < 1.29 is 4.39 Å². The van der Waals surface area contributed by atoms with Crippen LogP contribution in [-0.4, -0.2) is 21.1 Å². The number of hydrogen-bond acceptors (Lipinski definition) is 3. The Hall–Kier alpha value is -2.27. The SMILES string of the molecule is Fc1ccc2c(c1)CCCC2NCCc1nnc2ccccn12. The molecule has 0 bridgehead atoms. The smallest absolute Gasteiger partial charge is 0.160 e. The molecule has 0 saturated heterocycles. The van der Waals surface area contributed by atoms with Crippen LogP contribution < -0.4 is 5.32 Å². The molecular weight excluding hydrogens is 291 g/mol. The van der Waals surface area contributed by atoms with Gasteiger partial charge in [-0.05, 0) is 54.7 Å². The Labute approximate surface area is 134 Å².